The first-order valence-electron chi connectivity index (χ1n) is 7.30. The fourth-order valence-corrected chi connectivity index (χ4v) is 2.34. The van der Waals surface area contributed by atoms with Gasteiger partial charge in [0.15, 0.2) is 0 Å². The summed E-state index contributed by atoms with van der Waals surface area (Å²) in [5, 5.41) is 10.3. The Morgan fingerprint density at radius 3 is 2.63 bits per heavy atom. The van der Waals surface area contributed by atoms with Crippen LogP contribution in [0.3, 0.4) is 0 Å². The molecule has 0 fully saturated rings. The lowest BCUT2D eigenvalue weighted by molar-refractivity contribution is -0.128. The molecule has 0 radical (unpaired) electrons. The normalized spacial score (nSPS) is 14.6. The molecule has 3 nitrogen and oxygen atoms in total. The number of aliphatic hydroxyl groups is 1. The molecule has 1 heterocycles. The summed E-state index contributed by atoms with van der Waals surface area (Å²) in [6.45, 7) is 6.26. The molecule has 0 amide bonds. The van der Waals surface area contributed by atoms with Gasteiger partial charge in [0.25, 0.3) is 0 Å². The summed E-state index contributed by atoms with van der Waals surface area (Å²) < 4.78 is 5.23. The van der Waals surface area contributed by atoms with Crippen LogP contribution in [-0.2, 0) is 4.79 Å². The molecule has 3 heteroatoms. The van der Waals surface area contributed by atoms with Crippen molar-refractivity contribution >= 4 is 5.78 Å². The minimum Gasteiger partial charge on any atom is -0.467 e. The summed E-state index contributed by atoms with van der Waals surface area (Å²) in [5.74, 6) is 0.688. The van der Waals surface area contributed by atoms with E-state index in [4.69, 9.17) is 4.42 Å². The van der Waals surface area contributed by atoms with Crippen molar-refractivity contribution < 1.29 is 14.3 Å². The number of unbranched alkanes of at least 4 members (excludes halogenated alkanes) is 2. The fraction of sp³-hybridized carbons (Fsp3) is 0.688. The van der Waals surface area contributed by atoms with Crippen molar-refractivity contribution in [3.63, 3.8) is 0 Å². The first-order chi connectivity index (χ1) is 9.06. The van der Waals surface area contributed by atoms with E-state index in [0.717, 1.165) is 19.3 Å². The molecule has 0 aromatic carbocycles. The minimum absolute atomic E-state index is 0.158. The molecular weight excluding hydrogens is 240 g/mol. The summed E-state index contributed by atoms with van der Waals surface area (Å²) in [6, 6.07) is 3.48. The molecule has 1 N–H and O–H groups in total. The zero-order chi connectivity index (χ0) is 14.3. The second kappa shape index (κ2) is 8.16. The van der Waals surface area contributed by atoms with Crippen LogP contribution in [0.2, 0.25) is 0 Å². The highest BCUT2D eigenvalue weighted by Crippen LogP contribution is 2.30. The van der Waals surface area contributed by atoms with Crippen LogP contribution in [0.15, 0.2) is 22.8 Å². The maximum atomic E-state index is 12.3. The van der Waals surface area contributed by atoms with Crippen LogP contribution in [0, 0.1) is 11.8 Å². The predicted octanol–water partition coefficient (Wildman–Crippen LogP) is 4.12. The Hall–Kier alpha value is -1.09. The monoisotopic (exact) mass is 266 g/mol. The van der Waals surface area contributed by atoms with Crippen molar-refractivity contribution in [3.05, 3.63) is 24.2 Å². The maximum Gasteiger partial charge on any atom is 0.139 e. The lowest BCUT2D eigenvalue weighted by atomic mass is 9.85. The Labute approximate surface area is 116 Å². The first kappa shape index (κ1) is 16.0. The van der Waals surface area contributed by atoms with Crippen LogP contribution in [0.25, 0.3) is 0 Å². The van der Waals surface area contributed by atoms with Crippen molar-refractivity contribution in [2.75, 3.05) is 0 Å². The van der Waals surface area contributed by atoms with Crippen molar-refractivity contribution in [2.24, 2.45) is 11.8 Å². The fourth-order valence-electron chi connectivity index (χ4n) is 2.34. The lowest BCUT2D eigenvalue weighted by Crippen LogP contribution is -2.24. The maximum absolute atomic E-state index is 12.3. The molecule has 1 aromatic heterocycles. The number of Topliss-reactive ketones (excluding diaryl/α,β-unsaturated/α-hetero) is 1. The average Bonchev–Trinajstić information content (AvgIpc) is 2.89. The van der Waals surface area contributed by atoms with E-state index in [1.807, 2.05) is 0 Å². The molecule has 0 saturated carbocycles. The molecule has 0 aliphatic rings. The molecule has 1 aromatic rings. The smallest absolute Gasteiger partial charge is 0.139 e. The number of carbonyl (C=O) groups excluding carboxylic acids is 1. The van der Waals surface area contributed by atoms with Crippen molar-refractivity contribution in [3.8, 4) is 0 Å². The van der Waals surface area contributed by atoms with E-state index >= 15 is 0 Å². The van der Waals surface area contributed by atoms with E-state index in [1.54, 1.807) is 12.1 Å². The number of carbonyl (C=O) groups is 1. The van der Waals surface area contributed by atoms with Crippen LogP contribution < -0.4 is 0 Å². The lowest BCUT2D eigenvalue weighted by Gasteiger charge is -2.22. The van der Waals surface area contributed by atoms with Gasteiger partial charge in [-0.15, -0.1) is 0 Å². The summed E-state index contributed by atoms with van der Waals surface area (Å²) in [5.41, 5.74) is 0. The van der Waals surface area contributed by atoms with Gasteiger partial charge in [-0.05, 0) is 30.9 Å². The van der Waals surface area contributed by atoms with Gasteiger partial charge in [0.05, 0.1) is 12.2 Å². The second-order valence-electron chi connectivity index (χ2n) is 5.62. The molecule has 1 rings (SSSR count). The van der Waals surface area contributed by atoms with Gasteiger partial charge in [0.2, 0.25) is 0 Å². The van der Waals surface area contributed by atoms with Gasteiger partial charge in [0.1, 0.15) is 17.6 Å². The highest BCUT2D eigenvalue weighted by Gasteiger charge is 2.29. The number of ketones is 1. The highest BCUT2D eigenvalue weighted by molar-refractivity contribution is 5.81. The molecule has 108 valence electrons. The molecule has 0 spiro atoms. The van der Waals surface area contributed by atoms with Gasteiger partial charge in [-0.25, -0.2) is 0 Å². The molecule has 0 bridgehead atoms. The molecule has 2 atom stereocenters. The van der Waals surface area contributed by atoms with E-state index in [9.17, 15) is 9.90 Å². The summed E-state index contributed by atoms with van der Waals surface area (Å²) in [6.07, 6.45) is 5.06. The Balaban J connectivity index is 2.68. The Morgan fingerprint density at radius 2 is 2.11 bits per heavy atom. The zero-order valence-electron chi connectivity index (χ0n) is 12.3. The third kappa shape index (κ3) is 5.19. The van der Waals surface area contributed by atoms with Crippen LogP contribution in [0.1, 0.15) is 64.7 Å². The van der Waals surface area contributed by atoms with Crippen LogP contribution in [-0.4, -0.2) is 10.9 Å². The van der Waals surface area contributed by atoms with E-state index < -0.39 is 6.10 Å². The number of hydrogen-bond acceptors (Lipinski definition) is 3. The van der Waals surface area contributed by atoms with E-state index in [1.165, 1.54) is 6.26 Å². The van der Waals surface area contributed by atoms with Gasteiger partial charge in [-0.1, -0.05) is 33.6 Å². The number of aliphatic hydroxyl groups excluding tert-OH is 1. The summed E-state index contributed by atoms with van der Waals surface area (Å²) in [7, 11) is 0. The minimum atomic E-state index is -0.813. The van der Waals surface area contributed by atoms with Crippen molar-refractivity contribution in [2.45, 2.75) is 59.0 Å². The quantitative estimate of drug-likeness (QED) is 0.684. The van der Waals surface area contributed by atoms with Gasteiger partial charge in [0, 0.05) is 6.42 Å². The van der Waals surface area contributed by atoms with E-state index in [2.05, 4.69) is 20.8 Å². The van der Waals surface area contributed by atoms with Crippen LogP contribution >= 0.6 is 0 Å². The molecule has 0 aliphatic heterocycles. The third-order valence-electron chi connectivity index (χ3n) is 3.38. The standard InChI is InChI=1S/C16H26O3/c1-4-5-6-8-14(17)13(11-12(2)3)16(18)15-9-7-10-19-15/h7,9-10,12-13,16,18H,4-6,8,11H2,1-3H3/t13-,16+/m0/s1. The molecule has 0 saturated heterocycles. The van der Waals surface area contributed by atoms with Gasteiger partial charge >= 0.3 is 0 Å². The van der Waals surface area contributed by atoms with Crippen LogP contribution in [0.4, 0.5) is 0 Å². The SMILES string of the molecule is CCCCCC(=O)[C@H](CC(C)C)[C@@H](O)c1ccco1. The Kier molecular flexibility index (Phi) is 6.85. The summed E-state index contributed by atoms with van der Waals surface area (Å²) >= 11 is 0. The van der Waals surface area contributed by atoms with Gasteiger partial charge in [-0.2, -0.15) is 0 Å². The Morgan fingerprint density at radius 1 is 1.37 bits per heavy atom. The zero-order valence-corrected chi connectivity index (χ0v) is 12.3. The van der Waals surface area contributed by atoms with E-state index in [0.29, 0.717) is 24.5 Å². The molecule has 19 heavy (non-hydrogen) atoms. The Bertz CT molecular complexity index is 354. The number of furan rings is 1. The summed E-state index contributed by atoms with van der Waals surface area (Å²) in [4.78, 5) is 12.3. The van der Waals surface area contributed by atoms with Crippen molar-refractivity contribution in [1.29, 1.82) is 0 Å². The average molecular weight is 266 g/mol. The number of rotatable bonds is 9. The van der Waals surface area contributed by atoms with Crippen molar-refractivity contribution in [1.82, 2.24) is 0 Å². The largest absolute Gasteiger partial charge is 0.467 e. The van der Waals surface area contributed by atoms with Gasteiger partial charge in [-0.3, -0.25) is 4.79 Å². The highest BCUT2D eigenvalue weighted by atomic mass is 16.4. The third-order valence-corrected chi connectivity index (χ3v) is 3.38. The number of hydrogen-bond donors (Lipinski definition) is 1. The second-order valence-corrected chi connectivity index (χ2v) is 5.62. The molecular formula is C16H26O3. The molecule has 0 unspecified atom stereocenters. The van der Waals surface area contributed by atoms with Gasteiger partial charge < -0.3 is 9.52 Å². The molecule has 0 aliphatic carbocycles. The predicted molar refractivity (Wildman–Crippen MR) is 75.8 cm³/mol. The topological polar surface area (TPSA) is 50.4 Å². The first-order valence-corrected chi connectivity index (χ1v) is 7.30. The van der Waals surface area contributed by atoms with Crippen LogP contribution in [0.5, 0.6) is 0 Å². The van der Waals surface area contributed by atoms with E-state index in [-0.39, 0.29) is 11.7 Å².